The average Bonchev–Trinajstić information content (AvgIpc) is 2.31. The van der Waals surface area contributed by atoms with Gasteiger partial charge < -0.3 is 15.3 Å². The molecular formula is C12H11N3O3. The third-order valence-corrected chi connectivity index (χ3v) is 2.31. The lowest BCUT2D eigenvalue weighted by atomic mass is 10.2. The number of hydrogen-bond donors (Lipinski definition) is 3. The van der Waals surface area contributed by atoms with E-state index in [0.717, 1.165) is 0 Å². The quantitative estimate of drug-likeness (QED) is 0.537. The fourth-order valence-electron chi connectivity index (χ4n) is 1.53. The standard InChI is InChI=1S/C12H11N3O3/c1-2-3-10(16)13-7-4-5-8-9(6-7)15-12(18)11(17)14-8/h2-6H,1H3,(H,13,16)(H,14,17)(H,15,18). The molecule has 0 spiro atoms. The number of H-pyrrole nitrogens is 2. The van der Waals surface area contributed by atoms with Crippen molar-refractivity contribution in [2.24, 2.45) is 0 Å². The fourth-order valence-corrected chi connectivity index (χ4v) is 1.53. The predicted octanol–water partition coefficient (Wildman–Crippen LogP) is 0.731. The third kappa shape index (κ3) is 2.37. The first kappa shape index (κ1) is 11.8. The summed E-state index contributed by atoms with van der Waals surface area (Å²) in [7, 11) is 0. The maximum atomic E-state index is 11.3. The smallest absolute Gasteiger partial charge is 0.314 e. The number of allylic oxidation sites excluding steroid dienone is 1. The van der Waals surface area contributed by atoms with E-state index in [1.807, 2.05) is 0 Å². The number of hydrogen-bond acceptors (Lipinski definition) is 3. The molecule has 0 atom stereocenters. The second kappa shape index (κ2) is 4.70. The third-order valence-electron chi connectivity index (χ3n) is 2.31. The normalized spacial score (nSPS) is 10.9. The van der Waals surface area contributed by atoms with E-state index >= 15 is 0 Å². The zero-order chi connectivity index (χ0) is 13.1. The van der Waals surface area contributed by atoms with Crippen LogP contribution in [0.25, 0.3) is 11.0 Å². The number of amides is 1. The zero-order valence-electron chi connectivity index (χ0n) is 9.61. The molecule has 0 radical (unpaired) electrons. The van der Waals surface area contributed by atoms with Crippen LogP contribution in [0.2, 0.25) is 0 Å². The summed E-state index contributed by atoms with van der Waals surface area (Å²) in [6.45, 7) is 1.74. The summed E-state index contributed by atoms with van der Waals surface area (Å²) in [6, 6.07) is 4.82. The molecule has 2 aromatic rings. The molecule has 2 rings (SSSR count). The molecule has 0 saturated heterocycles. The van der Waals surface area contributed by atoms with Gasteiger partial charge in [-0.1, -0.05) is 6.08 Å². The van der Waals surface area contributed by atoms with Gasteiger partial charge in [0.25, 0.3) is 0 Å². The fraction of sp³-hybridized carbons (Fsp3) is 0.0833. The van der Waals surface area contributed by atoms with Gasteiger partial charge in [0.15, 0.2) is 0 Å². The molecule has 6 nitrogen and oxygen atoms in total. The summed E-state index contributed by atoms with van der Waals surface area (Å²) in [5.41, 5.74) is 0.0717. The molecular weight excluding hydrogens is 234 g/mol. The molecule has 92 valence electrons. The monoisotopic (exact) mass is 245 g/mol. The Morgan fingerprint density at radius 3 is 2.50 bits per heavy atom. The van der Waals surface area contributed by atoms with Gasteiger partial charge in [0, 0.05) is 5.69 Å². The second-order valence-electron chi connectivity index (χ2n) is 3.66. The van der Waals surface area contributed by atoms with Crippen LogP contribution in [-0.4, -0.2) is 15.9 Å². The van der Waals surface area contributed by atoms with Crippen molar-refractivity contribution in [1.29, 1.82) is 0 Å². The van der Waals surface area contributed by atoms with Crippen molar-refractivity contribution in [2.45, 2.75) is 6.92 Å². The molecule has 0 bridgehead atoms. The van der Waals surface area contributed by atoms with Crippen molar-refractivity contribution in [3.63, 3.8) is 0 Å². The van der Waals surface area contributed by atoms with Gasteiger partial charge in [-0.3, -0.25) is 14.4 Å². The van der Waals surface area contributed by atoms with Gasteiger partial charge in [-0.25, -0.2) is 0 Å². The zero-order valence-corrected chi connectivity index (χ0v) is 9.61. The Balaban J connectivity index is 2.44. The van der Waals surface area contributed by atoms with Gasteiger partial charge in [0.05, 0.1) is 11.0 Å². The van der Waals surface area contributed by atoms with E-state index in [4.69, 9.17) is 0 Å². The van der Waals surface area contributed by atoms with Crippen LogP contribution in [-0.2, 0) is 4.79 Å². The molecule has 0 aliphatic heterocycles. The van der Waals surface area contributed by atoms with Gasteiger partial charge in [-0.05, 0) is 31.2 Å². The van der Waals surface area contributed by atoms with Crippen molar-refractivity contribution >= 4 is 22.6 Å². The summed E-state index contributed by atoms with van der Waals surface area (Å²) < 4.78 is 0. The SMILES string of the molecule is CC=CC(=O)Nc1ccc2[nH]c(=O)c(=O)[nH]c2c1. The largest absolute Gasteiger partial charge is 0.322 e. The predicted molar refractivity (Wildman–Crippen MR) is 68.6 cm³/mol. The van der Waals surface area contributed by atoms with Crippen LogP contribution < -0.4 is 16.4 Å². The molecule has 0 saturated carbocycles. The van der Waals surface area contributed by atoms with E-state index in [-0.39, 0.29) is 5.91 Å². The Labute approximate surface area is 101 Å². The van der Waals surface area contributed by atoms with Crippen LogP contribution in [0.3, 0.4) is 0 Å². The topological polar surface area (TPSA) is 94.8 Å². The van der Waals surface area contributed by atoms with Crippen LogP contribution in [0.1, 0.15) is 6.92 Å². The highest BCUT2D eigenvalue weighted by molar-refractivity contribution is 6.00. The van der Waals surface area contributed by atoms with E-state index in [1.54, 1.807) is 31.2 Å². The Hall–Kier alpha value is -2.63. The van der Waals surface area contributed by atoms with E-state index in [0.29, 0.717) is 16.7 Å². The number of anilines is 1. The Morgan fingerprint density at radius 1 is 1.17 bits per heavy atom. The van der Waals surface area contributed by atoms with Crippen molar-refractivity contribution in [2.75, 3.05) is 5.32 Å². The molecule has 3 N–H and O–H groups in total. The number of carbonyl (C=O) groups is 1. The van der Waals surface area contributed by atoms with Crippen molar-refractivity contribution in [3.8, 4) is 0 Å². The summed E-state index contributed by atoms with van der Waals surface area (Å²) in [5, 5.41) is 2.63. The van der Waals surface area contributed by atoms with Gasteiger partial charge >= 0.3 is 11.1 Å². The van der Waals surface area contributed by atoms with Gasteiger partial charge in [0.2, 0.25) is 5.91 Å². The Kier molecular flexibility index (Phi) is 3.09. The van der Waals surface area contributed by atoms with Crippen molar-refractivity contribution < 1.29 is 4.79 Å². The molecule has 0 fully saturated rings. The van der Waals surface area contributed by atoms with Crippen molar-refractivity contribution in [1.82, 2.24) is 9.97 Å². The molecule has 1 aromatic heterocycles. The molecule has 1 heterocycles. The number of fused-ring (bicyclic) bond motifs is 1. The van der Waals surface area contributed by atoms with Crippen LogP contribution in [0.15, 0.2) is 39.9 Å². The first-order chi connectivity index (χ1) is 8.60. The maximum absolute atomic E-state index is 11.3. The second-order valence-corrected chi connectivity index (χ2v) is 3.66. The number of nitrogens with one attached hydrogen (secondary N) is 3. The Morgan fingerprint density at radius 2 is 1.83 bits per heavy atom. The molecule has 6 heteroatoms. The number of aromatic nitrogens is 2. The summed E-state index contributed by atoms with van der Waals surface area (Å²) in [4.78, 5) is 38.5. The van der Waals surface area contributed by atoms with Crippen LogP contribution in [0.5, 0.6) is 0 Å². The molecule has 0 aliphatic rings. The molecule has 0 unspecified atom stereocenters. The summed E-state index contributed by atoms with van der Waals surface area (Å²) >= 11 is 0. The minimum atomic E-state index is -0.723. The van der Waals surface area contributed by atoms with E-state index in [1.165, 1.54) is 6.08 Å². The van der Waals surface area contributed by atoms with Gasteiger partial charge in [0.1, 0.15) is 0 Å². The summed E-state index contributed by atoms with van der Waals surface area (Å²) in [6.07, 6.45) is 3.01. The van der Waals surface area contributed by atoms with Gasteiger partial charge in [-0.15, -0.1) is 0 Å². The minimum Gasteiger partial charge on any atom is -0.322 e. The number of carbonyl (C=O) groups excluding carboxylic acids is 1. The van der Waals surface area contributed by atoms with Crippen molar-refractivity contribution in [3.05, 3.63) is 51.1 Å². The average molecular weight is 245 g/mol. The molecule has 1 amide bonds. The molecule has 1 aromatic carbocycles. The van der Waals surface area contributed by atoms with Crippen LogP contribution in [0, 0.1) is 0 Å². The first-order valence-electron chi connectivity index (χ1n) is 5.30. The molecule has 18 heavy (non-hydrogen) atoms. The lowest BCUT2D eigenvalue weighted by Gasteiger charge is -2.03. The number of aromatic amines is 2. The van der Waals surface area contributed by atoms with E-state index in [9.17, 15) is 14.4 Å². The number of rotatable bonds is 2. The first-order valence-corrected chi connectivity index (χ1v) is 5.30. The number of benzene rings is 1. The maximum Gasteiger partial charge on any atom is 0.314 e. The van der Waals surface area contributed by atoms with Crippen LogP contribution in [0.4, 0.5) is 5.69 Å². The lowest BCUT2D eigenvalue weighted by molar-refractivity contribution is -0.111. The summed E-state index contributed by atoms with van der Waals surface area (Å²) in [5.74, 6) is -0.261. The van der Waals surface area contributed by atoms with Gasteiger partial charge in [-0.2, -0.15) is 0 Å². The van der Waals surface area contributed by atoms with E-state index < -0.39 is 11.1 Å². The van der Waals surface area contributed by atoms with Crippen LogP contribution >= 0.6 is 0 Å². The highest BCUT2D eigenvalue weighted by Gasteiger charge is 2.02. The lowest BCUT2D eigenvalue weighted by Crippen LogP contribution is -2.28. The molecule has 0 aliphatic carbocycles. The van der Waals surface area contributed by atoms with E-state index in [2.05, 4.69) is 15.3 Å². The highest BCUT2D eigenvalue weighted by Crippen LogP contribution is 2.13. The highest BCUT2D eigenvalue weighted by atomic mass is 16.2. The Bertz CT molecular complexity index is 740. The minimum absolute atomic E-state index is 0.261.